The summed E-state index contributed by atoms with van der Waals surface area (Å²) in [6, 6.07) is 5.13. The summed E-state index contributed by atoms with van der Waals surface area (Å²) < 4.78 is 13.5. The molecular formula is C18H28FN. The number of benzene rings is 1. The Hall–Kier alpha value is -0.890. The largest absolute Gasteiger partial charge is 0.330 e. The lowest BCUT2D eigenvalue weighted by Crippen LogP contribution is -2.37. The van der Waals surface area contributed by atoms with Crippen LogP contribution in [0.2, 0.25) is 0 Å². The van der Waals surface area contributed by atoms with Gasteiger partial charge in [0.1, 0.15) is 5.82 Å². The summed E-state index contributed by atoms with van der Waals surface area (Å²) in [6.07, 6.45) is 8.54. The summed E-state index contributed by atoms with van der Waals surface area (Å²) in [5.41, 5.74) is 8.63. The predicted octanol–water partition coefficient (Wildman–Crippen LogP) is 4.61. The van der Waals surface area contributed by atoms with Crippen molar-refractivity contribution in [3.63, 3.8) is 0 Å². The van der Waals surface area contributed by atoms with Crippen LogP contribution in [0.4, 0.5) is 4.39 Å². The summed E-state index contributed by atoms with van der Waals surface area (Å²) in [7, 11) is 0. The zero-order valence-corrected chi connectivity index (χ0v) is 12.9. The first-order valence-corrected chi connectivity index (χ1v) is 8.03. The fourth-order valence-corrected chi connectivity index (χ4v) is 3.67. The monoisotopic (exact) mass is 277 g/mol. The summed E-state index contributed by atoms with van der Waals surface area (Å²) in [6.45, 7) is 5.06. The molecular weight excluding hydrogens is 249 g/mol. The van der Waals surface area contributed by atoms with Crippen LogP contribution in [0, 0.1) is 24.1 Å². The molecule has 1 aromatic rings. The third kappa shape index (κ3) is 3.60. The van der Waals surface area contributed by atoms with E-state index in [9.17, 15) is 4.39 Å². The maximum Gasteiger partial charge on any atom is 0.123 e. The van der Waals surface area contributed by atoms with Gasteiger partial charge in [0.05, 0.1) is 0 Å². The maximum atomic E-state index is 13.5. The Labute approximate surface area is 122 Å². The molecule has 0 unspecified atom stereocenters. The fraction of sp³-hybridized carbons (Fsp3) is 0.667. The minimum atomic E-state index is -0.127. The Morgan fingerprint density at radius 3 is 2.60 bits per heavy atom. The number of aryl methyl sites for hydroxylation is 1. The van der Waals surface area contributed by atoms with E-state index in [2.05, 4.69) is 13.8 Å². The van der Waals surface area contributed by atoms with Gasteiger partial charge in [-0.25, -0.2) is 4.39 Å². The summed E-state index contributed by atoms with van der Waals surface area (Å²) in [4.78, 5) is 0. The number of halogens is 1. The lowest BCUT2D eigenvalue weighted by molar-refractivity contribution is 0.150. The third-order valence-corrected chi connectivity index (χ3v) is 5.17. The normalized spacial score (nSPS) is 26.7. The van der Waals surface area contributed by atoms with E-state index in [0.29, 0.717) is 0 Å². The molecule has 1 fully saturated rings. The van der Waals surface area contributed by atoms with Crippen molar-refractivity contribution in [2.75, 3.05) is 6.54 Å². The number of nitrogens with two attached hydrogens (primary N) is 1. The highest BCUT2D eigenvalue weighted by Gasteiger charge is 2.34. The van der Waals surface area contributed by atoms with Crippen LogP contribution >= 0.6 is 0 Å². The lowest BCUT2D eigenvalue weighted by atomic mass is 9.66. The molecule has 1 aromatic carbocycles. The fourth-order valence-electron chi connectivity index (χ4n) is 3.67. The number of hydrogen-bond donors (Lipinski definition) is 1. The second-order valence-corrected chi connectivity index (χ2v) is 6.68. The Kier molecular flexibility index (Phi) is 5.20. The average Bonchev–Trinajstić information content (AvgIpc) is 2.45. The molecule has 0 saturated heterocycles. The first-order valence-electron chi connectivity index (χ1n) is 8.03. The minimum absolute atomic E-state index is 0.127. The summed E-state index contributed by atoms with van der Waals surface area (Å²) in [5.74, 6) is 0.755. The topological polar surface area (TPSA) is 26.0 Å². The van der Waals surface area contributed by atoms with Gasteiger partial charge in [-0.1, -0.05) is 25.8 Å². The van der Waals surface area contributed by atoms with Gasteiger partial charge >= 0.3 is 0 Å². The van der Waals surface area contributed by atoms with E-state index in [1.807, 2.05) is 6.07 Å². The molecule has 1 nitrogen and oxygen atoms in total. The molecule has 0 heterocycles. The molecule has 0 aliphatic heterocycles. The highest BCUT2D eigenvalue weighted by molar-refractivity contribution is 5.28. The van der Waals surface area contributed by atoms with Gasteiger partial charge in [-0.05, 0) is 80.2 Å². The second kappa shape index (κ2) is 6.71. The van der Waals surface area contributed by atoms with Crippen LogP contribution in [0.15, 0.2) is 18.2 Å². The van der Waals surface area contributed by atoms with E-state index in [4.69, 9.17) is 5.73 Å². The Bertz CT molecular complexity index is 433. The first-order chi connectivity index (χ1) is 9.58. The molecule has 20 heavy (non-hydrogen) atoms. The van der Waals surface area contributed by atoms with E-state index in [1.165, 1.54) is 44.1 Å². The van der Waals surface area contributed by atoms with Crippen molar-refractivity contribution < 1.29 is 4.39 Å². The second-order valence-electron chi connectivity index (χ2n) is 6.68. The molecule has 0 spiro atoms. The standard InChI is InChI=1S/C18H28FN/c1-3-4-15-7-9-18(13-20,10-8-15)12-16-11-17(19)6-5-14(16)2/h5-6,11,15H,3-4,7-10,12-13,20H2,1-2H3. The third-order valence-electron chi connectivity index (χ3n) is 5.17. The van der Waals surface area contributed by atoms with Gasteiger partial charge in [0.25, 0.3) is 0 Å². The van der Waals surface area contributed by atoms with Crippen molar-refractivity contribution >= 4 is 0 Å². The van der Waals surface area contributed by atoms with Gasteiger partial charge < -0.3 is 5.73 Å². The van der Waals surface area contributed by atoms with E-state index in [-0.39, 0.29) is 11.2 Å². The molecule has 1 saturated carbocycles. The molecule has 0 aromatic heterocycles. The van der Waals surface area contributed by atoms with Crippen molar-refractivity contribution in [1.82, 2.24) is 0 Å². The van der Waals surface area contributed by atoms with Gasteiger partial charge in [0.15, 0.2) is 0 Å². The molecule has 112 valence electrons. The van der Waals surface area contributed by atoms with Gasteiger partial charge in [0, 0.05) is 0 Å². The molecule has 2 N–H and O–H groups in total. The molecule has 2 heteroatoms. The van der Waals surface area contributed by atoms with Crippen LogP contribution < -0.4 is 5.73 Å². The zero-order chi connectivity index (χ0) is 14.6. The highest BCUT2D eigenvalue weighted by Crippen LogP contribution is 2.42. The van der Waals surface area contributed by atoms with Crippen LogP contribution in [0.25, 0.3) is 0 Å². The number of rotatable bonds is 5. The van der Waals surface area contributed by atoms with Gasteiger partial charge in [-0.2, -0.15) is 0 Å². The van der Waals surface area contributed by atoms with Crippen LogP contribution in [0.1, 0.15) is 56.6 Å². The van der Waals surface area contributed by atoms with Crippen molar-refractivity contribution in [3.05, 3.63) is 35.1 Å². The summed E-state index contributed by atoms with van der Waals surface area (Å²) >= 11 is 0. The Morgan fingerprint density at radius 2 is 2.00 bits per heavy atom. The molecule has 1 aliphatic carbocycles. The molecule has 2 rings (SSSR count). The predicted molar refractivity (Wildman–Crippen MR) is 83.2 cm³/mol. The van der Waals surface area contributed by atoms with Crippen molar-refractivity contribution in [2.45, 2.75) is 58.8 Å². The molecule has 1 aliphatic rings. The van der Waals surface area contributed by atoms with Crippen molar-refractivity contribution in [1.29, 1.82) is 0 Å². The van der Waals surface area contributed by atoms with Crippen LogP contribution in [-0.2, 0) is 6.42 Å². The van der Waals surface area contributed by atoms with E-state index in [1.54, 1.807) is 12.1 Å². The smallest absolute Gasteiger partial charge is 0.123 e. The zero-order valence-electron chi connectivity index (χ0n) is 12.9. The van der Waals surface area contributed by atoms with Gasteiger partial charge in [-0.15, -0.1) is 0 Å². The van der Waals surface area contributed by atoms with E-state index >= 15 is 0 Å². The van der Waals surface area contributed by atoms with E-state index in [0.717, 1.165) is 24.4 Å². The lowest BCUT2D eigenvalue weighted by Gasteiger charge is -2.40. The van der Waals surface area contributed by atoms with Gasteiger partial charge in [-0.3, -0.25) is 0 Å². The van der Waals surface area contributed by atoms with Crippen molar-refractivity contribution in [2.24, 2.45) is 17.1 Å². The first kappa shape index (κ1) is 15.5. The maximum absolute atomic E-state index is 13.5. The minimum Gasteiger partial charge on any atom is -0.330 e. The molecule has 0 radical (unpaired) electrons. The van der Waals surface area contributed by atoms with Crippen LogP contribution in [-0.4, -0.2) is 6.54 Å². The molecule has 0 amide bonds. The SMILES string of the molecule is CCCC1CCC(CN)(Cc2cc(F)ccc2C)CC1. The molecule has 0 bridgehead atoms. The van der Waals surface area contributed by atoms with Crippen LogP contribution in [0.3, 0.4) is 0 Å². The van der Waals surface area contributed by atoms with E-state index < -0.39 is 0 Å². The summed E-state index contributed by atoms with van der Waals surface area (Å²) in [5, 5.41) is 0. The Morgan fingerprint density at radius 1 is 1.30 bits per heavy atom. The van der Waals surface area contributed by atoms with Crippen molar-refractivity contribution in [3.8, 4) is 0 Å². The highest BCUT2D eigenvalue weighted by atomic mass is 19.1. The van der Waals surface area contributed by atoms with Gasteiger partial charge in [0.2, 0.25) is 0 Å². The molecule has 0 atom stereocenters. The quantitative estimate of drug-likeness (QED) is 0.835. The van der Waals surface area contributed by atoms with Crippen LogP contribution in [0.5, 0.6) is 0 Å². The number of hydrogen-bond acceptors (Lipinski definition) is 1. The Balaban J connectivity index is 2.07. The average molecular weight is 277 g/mol.